The second-order valence-corrected chi connectivity index (χ2v) is 2.89. The van der Waals surface area contributed by atoms with E-state index in [4.69, 9.17) is 11.6 Å². The fourth-order valence-corrected chi connectivity index (χ4v) is 1.12. The summed E-state index contributed by atoms with van der Waals surface area (Å²) in [4.78, 5) is 11.0. The normalized spacial score (nSPS) is 10.6. The molecule has 0 fully saturated rings. The maximum atomic E-state index is 11.0. The molecular weight excluding hydrogens is 192 g/mol. The SMILES string of the molecule is CC(=O)c1nnc2ccc(Cl)nn12. The zero-order chi connectivity index (χ0) is 9.42. The Morgan fingerprint density at radius 2 is 2.23 bits per heavy atom. The fraction of sp³-hybridized carbons (Fsp3) is 0.143. The number of halogens is 1. The molecule has 2 heterocycles. The van der Waals surface area contributed by atoms with Crippen molar-refractivity contribution in [1.82, 2.24) is 19.8 Å². The molecule has 0 aliphatic carbocycles. The van der Waals surface area contributed by atoms with E-state index in [1.54, 1.807) is 12.1 Å². The van der Waals surface area contributed by atoms with Crippen molar-refractivity contribution in [3.63, 3.8) is 0 Å². The maximum absolute atomic E-state index is 11.0. The van der Waals surface area contributed by atoms with Gasteiger partial charge < -0.3 is 0 Å². The topological polar surface area (TPSA) is 60.2 Å². The first-order valence-electron chi connectivity index (χ1n) is 3.57. The summed E-state index contributed by atoms with van der Waals surface area (Å²) < 4.78 is 1.32. The highest BCUT2D eigenvalue weighted by Gasteiger charge is 2.10. The third-order valence-electron chi connectivity index (χ3n) is 1.55. The van der Waals surface area contributed by atoms with Crippen LogP contribution in [0.25, 0.3) is 5.65 Å². The van der Waals surface area contributed by atoms with Gasteiger partial charge in [0.2, 0.25) is 5.82 Å². The summed E-state index contributed by atoms with van der Waals surface area (Å²) in [5.41, 5.74) is 0.509. The molecule has 13 heavy (non-hydrogen) atoms. The quantitative estimate of drug-likeness (QED) is 0.638. The molecule has 0 N–H and O–H groups in total. The van der Waals surface area contributed by atoms with Crippen molar-refractivity contribution in [3.8, 4) is 0 Å². The molecule has 2 aromatic rings. The van der Waals surface area contributed by atoms with Gasteiger partial charge in [-0.25, -0.2) is 0 Å². The van der Waals surface area contributed by atoms with Gasteiger partial charge in [0.1, 0.15) is 5.15 Å². The Labute approximate surface area is 78.3 Å². The van der Waals surface area contributed by atoms with Gasteiger partial charge in [0.15, 0.2) is 11.4 Å². The largest absolute Gasteiger partial charge is 0.291 e. The van der Waals surface area contributed by atoms with Crippen LogP contribution in [0.5, 0.6) is 0 Å². The van der Waals surface area contributed by atoms with Crippen LogP contribution in [0, 0.1) is 0 Å². The molecule has 0 saturated carbocycles. The van der Waals surface area contributed by atoms with Crippen LogP contribution >= 0.6 is 11.6 Å². The average molecular weight is 197 g/mol. The van der Waals surface area contributed by atoms with E-state index in [-0.39, 0.29) is 11.6 Å². The highest BCUT2D eigenvalue weighted by Crippen LogP contribution is 2.07. The maximum Gasteiger partial charge on any atom is 0.220 e. The number of Topliss-reactive ketones (excluding diaryl/α,β-unsaturated/α-hetero) is 1. The summed E-state index contributed by atoms with van der Waals surface area (Å²) in [6, 6.07) is 3.24. The summed E-state index contributed by atoms with van der Waals surface area (Å²) in [5, 5.41) is 11.6. The lowest BCUT2D eigenvalue weighted by molar-refractivity contribution is 0.100. The van der Waals surface area contributed by atoms with Crippen LogP contribution in [0.2, 0.25) is 5.15 Å². The van der Waals surface area contributed by atoms with Gasteiger partial charge in [0.05, 0.1) is 0 Å². The molecule has 0 bridgehead atoms. The van der Waals surface area contributed by atoms with Crippen molar-refractivity contribution in [3.05, 3.63) is 23.1 Å². The van der Waals surface area contributed by atoms with Crippen molar-refractivity contribution in [1.29, 1.82) is 0 Å². The number of carbonyl (C=O) groups excluding carboxylic acids is 1. The molecule has 5 nitrogen and oxygen atoms in total. The first-order valence-corrected chi connectivity index (χ1v) is 3.95. The molecule has 66 valence electrons. The number of carbonyl (C=O) groups is 1. The number of nitrogens with zero attached hydrogens (tertiary/aromatic N) is 4. The Balaban J connectivity index is 2.79. The summed E-state index contributed by atoms with van der Waals surface area (Å²) in [6.45, 7) is 1.40. The van der Waals surface area contributed by atoms with E-state index >= 15 is 0 Å². The van der Waals surface area contributed by atoms with Gasteiger partial charge in [0, 0.05) is 6.92 Å². The number of ketones is 1. The van der Waals surface area contributed by atoms with Gasteiger partial charge >= 0.3 is 0 Å². The van der Waals surface area contributed by atoms with Crippen LogP contribution in [-0.2, 0) is 0 Å². The molecule has 2 aromatic heterocycles. The van der Waals surface area contributed by atoms with E-state index in [2.05, 4.69) is 15.3 Å². The zero-order valence-electron chi connectivity index (χ0n) is 6.73. The lowest BCUT2D eigenvalue weighted by Gasteiger charge is -1.93. The van der Waals surface area contributed by atoms with Gasteiger partial charge in [-0.3, -0.25) is 4.79 Å². The summed E-state index contributed by atoms with van der Waals surface area (Å²) in [6.07, 6.45) is 0. The van der Waals surface area contributed by atoms with Crippen molar-refractivity contribution in [2.75, 3.05) is 0 Å². The molecule has 0 aromatic carbocycles. The monoisotopic (exact) mass is 196 g/mol. The third-order valence-corrected chi connectivity index (χ3v) is 1.75. The van der Waals surface area contributed by atoms with Crippen molar-refractivity contribution in [2.24, 2.45) is 0 Å². The van der Waals surface area contributed by atoms with Crippen LogP contribution in [0.3, 0.4) is 0 Å². The van der Waals surface area contributed by atoms with E-state index in [1.807, 2.05) is 0 Å². The molecule has 0 radical (unpaired) electrons. The van der Waals surface area contributed by atoms with E-state index in [0.29, 0.717) is 10.8 Å². The molecule has 0 atom stereocenters. The predicted octanol–water partition coefficient (Wildman–Crippen LogP) is 0.980. The zero-order valence-corrected chi connectivity index (χ0v) is 7.49. The number of fused-ring (bicyclic) bond motifs is 1. The van der Waals surface area contributed by atoms with Gasteiger partial charge in [0.25, 0.3) is 0 Å². The average Bonchev–Trinajstić information content (AvgIpc) is 2.46. The van der Waals surface area contributed by atoms with Crippen molar-refractivity contribution in [2.45, 2.75) is 6.92 Å². The van der Waals surface area contributed by atoms with Crippen LogP contribution in [0.15, 0.2) is 12.1 Å². The molecule has 0 aliphatic rings. The highest BCUT2D eigenvalue weighted by molar-refractivity contribution is 6.29. The van der Waals surface area contributed by atoms with Gasteiger partial charge in [-0.2, -0.15) is 9.61 Å². The molecule has 2 rings (SSSR count). The summed E-state index contributed by atoms with van der Waals surface area (Å²) >= 11 is 5.65. The second-order valence-electron chi connectivity index (χ2n) is 2.51. The molecule has 0 spiro atoms. The molecular formula is C7H5ClN4O. The minimum Gasteiger partial charge on any atom is -0.291 e. The van der Waals surface area contributed by atoms with Gasteiger partial charge in [-0.05, 0) is 12.1 Å². The van der Waals surface area contributed by atoms with Crippen LogP contribution in [-0.4, -0.2) is 25.6 Å². The highest BCUT2D eigenvalue weighted by atomic mass is 35.5. The lowest BCUT2D eigenvalue weighted by atomic mass is 10.4. The number of hydrogen-bond donors (Lipinski definition) is 0. The number of hydrogen-bond acceptors (Lipinski definition) is 4. The first kappa shape index (κ1) is 8.12. The molecule has 0 aliphatic heterocycles. The van der Waals surface area contributed by atoms with E-state index in [1.165, 1.54) is 11.4 Å². The van der Waals surface area contributed by atoms with E-state index < -0.39 is 0 Å². The minimum atomic E-state index is -0.192. The van der Waals surface area contributed by atoms with Crippen molar-refractivity contribution >= 4 is 23.0 Å². The Morgan fingerprint density at radius 1 is 1.46 bits per heavy atom. The third kappa shape index (κ3) is 1.27. The minimum absolute atomic E-state index is 0.192. The van der Waals surface area contributed by atoms with Crippen LogP contribution in [0.1, 0.15) is 17.5 Å². The van der Waals surface area contributed by atoms with Gasteiger partial charge in [-0.15, -0.1) is 10.2 Å². The summed E-state index contributed by atoms with van der Waals surface area (Å²) in [5.74, 6) is -0.000216. The van der Waals surface area contributed by atoms with Crippen LogP contribution < -0.4 is 0 Å². The fourth-order valence-electron chi connectivity index (χ4n) is 0.986. The van der Waals surface area contributed by atoms with E-state index in [0.717, 1.165) is 0 Å². The molecule has 6 heteroatoms. The molecule has 0 amide bonds. The predicted molar refractivity (Wildman–Crippen MR) is 45.8 cm³/mol. The molecule has 0 unspecified atom stereocenters. The Kier molecular flexibility index (Phi) is 1.73. The van der Waals surface area contributed by atoms with E-state index in [9.17, 15) is 4.79 Å². The Bertz CT molecular complexity index is 478. The standard InChI is InChI=1S/C7H5ClN4O/c1-4(13)7-10-9-6-3-2-5(8)11-12(6)7/h2-3H,1H3. The lowest BCUT2D eigenvalue weighted by Crippen LogP contribution is -2.03. The van der Waals surface area contributed by atoms with Crippen LogP contribution in [0.4, 0.5) is 0 Å². The second kappa shape index (κ2) is 2.77. The smallest absolute Gasteiger partial charge is 0.220 e. The van der Waals surface area contributed by atoms with Crippen molar-refractivity contribution < 1.29 is 4.79 Å². The molecule has 0 saturated heterocycles. The van der Waals surface area contributed by atoms with Gasteiger partial charge in [-0.1, -0.05) is 11.6 Å². The number of rotatable bonds is 1. The summed E-state index contributed by atoms with van der Waals surface area (Å²) in [7, 11) is 0. The Hall–Kier alpha value is -1.49. The first-order chi connectivity index (χ1) is 6.18. The Morgan fingerprint density at radius 3 is 2.92 bits per heavy atom. The number of aromatic nitrogens is 4.